The Balaban J connectivity index is 2.04. The van der Waals surface area contributed by atoms with Crippen LogP contribution in [0.4, 0.5) is 5.82 Å². The van der Waals surface area contributed by atoms with Crippen LogP contribution in [0.2, 0.25) is 5.15 Å². The summed E-state index contributed by atoms with van der Waals surface area (Å²) < 4.78 is 0. The lowest BCUT2D eigenvalue weighted by Gasteiger charge is -2.06. The third-order valence-corrected chi connectivity index (χ3v) is 3.19. The first-order chi connectivity index (χ1) is 8.28. The van der Waals surface area contributed by atoms with Gasteiger partial charge in [0.2, 0.25) is 0 Å². The van der Waals surface area contributed by atoms with E-state index in [1.807, 2.05) is 0 Å². The molecule has 0 aromatic carbocycles. The van der Waals surface area contributed by atoms with E-state index in [0.717, 1.165) is 31.0 Å². The summed E-state index contributed by atoms with van der Waals surface area (Å²) in [5, 5.41) is 7.93. The Morgan fingerprint density at radius 2 is 2.29 bits per heavy atom. The molecule has 0 aliphatic rings. The van der Waals surface area contributed by atoms with E-state index in [1.165, 1.54) is 5.56 Å². The molecule has 0 radical (unpaired) electrons. The molecule has 0 saturated heterocycles. The van der Waals surface area contributed by atoms with Crippen LogP contribution < -0.4 is 5.32 Å². The Morgan fingerprint density at radius 1 is 1.41 bits per heavy atom. The molecule has 17 heavy (non-hydrogen) atoms. The van der Waals surface area contributed by atoms with Gasteiger partial charge in [0.1, 0.15) is 16.8 Å². The van der Waals surface area contributed by atoms with Crippen molar-refractivity contribution in [3.63, 3.8) is 0 Å². The van der Waals surface area contributed by atoms with Gasteiger partial charge < -0.3 is 5.32 Å². The molecule has 0 bridgehead atoms. The number of halogens is 1. The topological polar surface area (TPSA) is 37.8 Å². The van der Waals surface area contributed by atoms with Crippen LogP contribution in [0.3, 0.4) is 0 Å². The van der Waals surface area contributed by atoms with Crippen molar-refractivity contribution < 1.29 is 0 Å². The number of hydrogen-bond acceptors (Lipinski definition) is 4. The Bertz CT molecular complexity index is 471. The molecule has 0 aliphatic heterocycles. The molecule has 0 spiro atoms. The van der Waals surface area contributed by atoms with Crippen molar-refractivity contribution in [1.29, 1.82) is 0 Å². The Morgan fingerprint density at radius 3 is 3.00 bits per heavy atom. The lowest BCUT2D eigenvalue weighted by atomic mass is 10.3. The van der Waals surface area contributed by atoms with E-state index in [4.69, 9.17) is 11.6 Å². The molecular formula is C12H14ClN3S. The predicted octanol–water partition coefficient (Wildman–Crippen LogP) is 3.76. The van der Waals surface area contributed by atoms with Gasteiger partial charge in [-0.05, 0) is 28.8 Å². The summed E-state index contributed by atoms with van der Waals surface area (Å²) in [6, 6.07) is 3.85. The number of thiophene rings is 1. The fourth-order valence-corrected chi connectivity index (χ4v) is 2.35. The summed E-state index contributed by atoms with van der Waals surface area (Å²) in [6.45, 7) is 2.87. The largest absolute Gasteiger partial charge is 0.366 e. The normalized spacial score (nSPS) is 10.5. The van der Waals surface area contributed by atoms with Crippen LogP contribution in [0.5, 0.6) is 0 Å². The predicted molar refractivity (Wildman–Crippen MR) is 72.7 cm³/mol. The highest BCUT2D eigenvalue weighted by atomic mass is 35.5. The first kappa shape index (κ1) is 12.3. The lowest BCUT2D eigenvalue weighted by Crippen LogP contribution is -2.04. The molecule has 0 fully saturated rings. The second kappa shape index (κ2) is 5.98. The summed E-state index contributed by atoms with van der Waals surface area (Å²) in [5.74, 6) is 1.59. The van der Waals surface area contributed by atoms with Crippen LogP contribution in [0.1, 0.15) is 24.7 Å². The average molecular weight is 268 g/mol. The summed E-state index contributed by atoms with van der Waals surface area (Å²) in [4.78, 5) is 8.60. The fourth-order valence-electron chi connectivity index (χ4n) is 1.48. The number of nitrogens with zero attached hydrogens (tertiary/aromatic N) is 2. The van der Waals surface area contributed by atoms with Gasteiger partial charge >= 0.3 is 0 Å². The highest BCUT2D eigenvalue weighted by Gasteiger charge is 2.02. The molecule has 0 amide bonds. The molecule has 1 N–H and O–H groups in total. The molecular weight excluding hydrogens is 254 g/mol. The van der Waals surface area contributed by atoms with Gasteiger partial charge in [0.25, 0.3) is 0 Å². The number of aromatic nitrogens is 2. The second-order valence-corrected chi connectivity index (χ2v) is 4.89. The second-order valence-electron chi connectivity index (χ2n) is 3.73. The molecule has 2 rings (SSSR count). The van der Waals surface area contributed by atoms with E-state index in [-0.39, 0.29) is 0 Å². The van der Waals surface area contributed by atoms with Gasteiger partial charge in [0.05, 0.1) is 0 Å². The average Bonchev–Trinajstić information content (AvgIpc) is 2.79. The Labute approximate surface area is 110 Å². The van der Waals surface area contributed by atoms with Crippen LogP contribution in [-0.2, 0) is 13.0 Å². The lowest BCUT2D eigenvalue weighted by molar-refractivity contribution is 0.834. The summed E-state index contributed by atoms with van der Waals surface area (Å²) >= 11 is 7.65. The molecule has 2 heterocycles. The maximum absolute atomic E-state index is 5.96. The first-order valence-corrected chi connectivity index (χ1v) is 6.88. The SMILES string of the molecule is CCCc1nc(Cl)cc(NCc2ccsc2)n1. The zero-order valence-electron chi connectivity index (χ0n) is 9.61. The Kier molecular flexibility index (Phi) is 4.34. The quantitative estimate of drug-likeness (QED) is 0.839. The molecule has 0 atom stereocenters. The monoisotopic (exact) mass is 267 g/mol. The molecule has 0 unspecified atom stereocenters. The van der Waals surface area contributed by atoms with Crippen LogP contribution in [0.25, 0.3) is 0 Å². The summed E-state index contributed by atoms with van der Waals surface area (Å²) in [7, 11) is 0. The van der Waals surface area contributed by atoms with Crippen LogP contribution in [0.15, 0.2) is 22.9 Å². The van der Waals surface area contributed by atoms with Crippen molar-refractivity contribution in [3.05, 3.63) is 39.4 Å². The minimum Gasteiger partial charge on any atom is -0.366 e. The molecule has 0 saturated carbocycles. The minimum absolute atomic E-state index is 0.497. The van der Waals surface area contributed by atoms with Crippen molar-refractivity contribution in [3.8, 4) is 0 Å². The van der Waals surface area contributed by atoms with Gasteiger partial charge in [-0.1, -0.05) is 18.5 Å². The van der Waals surface area contributed by atoms with Gasteiger partial charge in [-0.3, -0.25) is 0 Å². The van der Waals surface area contributed by atoms with Crippen molar-refractivity contribution in [1.82, 2.24) is 9.97 Å². The van der Waals surface area contributed by atoms with Gasteiger partial charge in [-0.2, -0.15) is 11.3 Å². The number of nitrogens with one attached hydrogen (secondary N) is 1. The van der Waals surface area contributed by atoms with Crippen molar-refractivity contribution in [2.45, 2.75) is 26.3 Å². The summed E-state index contributed by atoms with van der Waals surface area (Å²) in [6.07, 6.45) is 1.87. The van der Waals surface area contributed by atoms with Gasteiger partial charge in [0, 0.05) is 19.0 Å². The molecule has 0 aliphatic carbocycles. The standard InChI is InChI=1S/C12H14ClN3S/c1-2-3-11-15-10(13)6-12(16-11)14-7-9-4-5-17-8-9/h4-6,8H,2-3,7H2,1H3,(H,14,15,16). The molecule has 90 valence electrons. The molecule has 3 nitrogen and oxygen atoms in total. The van der Waals surface area contributed by atoms with Gasteiger partial charge in [0.15, 0.2) is 0 Å². The Hall–Kier alpha value is -1.13. The van der Waals surface area contributed by atoms with E-state index in [2.05, 4.69) is 39.0 Å². The van der Waals surface area contributed by atoms with E-state index in [1.54, 1.807) is 17.4 Å². The van der Waals surface area contributed by atoms with E-state index < -0.39 is 0 Å². The maximum atomic E-state index is 5.96. The maximum Gasteiger partial charge on any atom is 0.134 e. The molecule has 2 aromatic rings. The minimum atomic E-state index is 0.497. The zero-order valence-corrected chi connectivity index (χ0v) is 11.2. The molecule has 5 heteroatoms. The van der Waals surface area contributed by atoms with E-state index in [0.29, 0.717) is 5.15 Å². The third-order valence-electron chi connectivity index (χ3n) is 2.27. The van der Waals surface area contributed by atoms with Crippen molar-refractivity contribution in [2.24, 2.45) is 0 Å². The van der Waals surface area contributed by atoms with E-state index in [9.17, 15) is 0 Å². The third kappa shape index (κ3) is 3.68. The molecule has 2 aromatic heterocycles. The van der Waals surface area contributed by atoms with Crippen LogP contribution in [0, 0.1) is 0 Å². The zero-order chi connectivity index (χ0) is 12.1. The smallest absolute Gasteiger partial charge is 0.134 e. The van der Waals surface area contributed by atoms with Crippen molar-refractivity contribution >= 4 is 28.8 Å². The van der Waals surface area contributed by atoms with Gasteiger partial charge in [-0.15, -0.1) is 0 Å². The fraction of sp³-hybridized carbons (Fsp3) is 0.333. The van der Waals surface area contributed by atoms with Crippen molar-refractivity contribution in [2.75, 3.05) is 5.32 Å². The van der Waals surface area contributed by atoms with Crippen LogP contribution >= 0.6 is 22.9 Å². The summed E-state index contributed by atoms with van der Waals surface area (Å²) in [5.41, 5.74) is 1.25. The van der Waals surface area contributed by atoms with Crippen LogP contribution in [-0.4, -0.2) is 9.97 Å². The number of anilines is 1. The number of aryl methyl sites for hydroxylation is 1. The van der Waals surface area contributed by atoms with Gasteiger partial charge in [-0.25, -0.2) is 9.97 Å². The highest BCUT2D eigenvalue weighted by molar-refractivity contribution is 7.07. The number of hydrogen-bond donors (Lipinski definition) is 1. The highest BCUT2D eigenvalue weighted by Crippen LogP contribution is 2.14. The van der Waals surface area contributed by atoms with E-state index >= 15 is 0 Å². The first-order valence-electron chi connectivity index (χ1n) is 5.56. The number of rotatable bonds is 5.